The Labute approximate surface area is 180 Å². The summed E-state index contributed by atoms with van der Waals surface area (Å²) >= 11 is 5.24. The van der Waals surface area contributed by atoms with Gasteiger partial charge in [0, 0.05) is 22.5 Å². The van der Waals surface area contributed by atoms with Crippen LogP contribution in [-0.2, 0) is 0 Å². The summed E-state index contributed by atoms with van der Waals surface area (Å²) in [5.74, 6) is 1.57. The van der Waals surface area contributed by atoms with Crippen molar-refractivity contribution in [3.8, 4) is 5.75 Å². The van der Waals surface area contributed by atoms with Gasteiger partial charge in [-0.3, -0.25) is 4.79 Å². The van der Waals surface area contributed by atoms with Crippen molar-refractivity contribution in [2.24, 2.45) is 5.92 Å². The van der Waals surface area contributed by atoms with Crippen LogP contribution in [0.2, 0.25) is 0 Å². The highest BCUT2D eigenvalue weighted by Gasteiger charge is 2.47. The van der Waals surface area contributed by atoms with Gasteiger partial charge >= 0.3 is 0 Å². The van der Waals surface area contributed by atoms with Gasteiger partial charge in [-0.25, -0.2) is 0 Å². The number of rotatable bonds is 4. The van der Waals surface area contributed by atoms with Crippen LogP contribution in [0.15, 0.2) is 51.8 Å². The van der Waals surface area contributed by atoms with Crippen molar-refractivity contribution >= 4 is 33.5 Å². The first kappa shape index (κ1) is 20.0. The molecule has 5 heteroatoms. The Morgan fingerprint density at radius 1 is 1.29 bits per heavy atom. The van der Waals surface area contributed by atoms with Gasteiger partial charge in [0.05, 0.1) is 5.56 Å². The van der Waals surface area contributed by atoms with Gasteiger partial charge in [0.15, 0.2) is 5.78 Å². The van der Waals surface area contributed by atoms with Crippen LogP contribution < -0.4 is 4.74 Å². The maximum Gasteiger partial charge on any atom is 0.187 e. The lowest BCUT2D eigenvalue weighted by Crippen LogP contribution is -2.54. The molecule has 2 aromatic carbocycles. The van der Waals surface area contributed by atoms with Crippen LogP contribution in [-0.4, -0.2) is 41.7 Å². The molecule has 28 heavy (non-hydrogen) atoms. The molecule has 2 aliphatic heterocycles. The highest BCUT2D eigenvalue weighted by Crippen LogP contribution is 2.43. The van der Waals surface area contributed by atoms with Crippen LogP contribution in [0, 0.1) is 12.8 Å². The largest absolute Gasteiger partial charge is 0.491 e. The molecular weight excluding hydrogens is 434 g/mol. The van der Waals surface area contributed by atoms with Crippen LogP contribution in [0.3, 0.4) is 0 Å². The monoisotopic (exact) mass is 459 g/mol. The summed E-state index contributed by atoms with van der Waals surface area (Å²) in [6, 6.07) is 14.1. The molecule has 1 saturated heterocycles. The lowest BCUT2D eigenvalue weighted by molar-refractivity contribution is 0.0786. The minimum atomic E-state index is -0.625. The van der Waals surface area contributed by atoms with E-state index in [4.69, 9.17) is 4.74 Å². The zero-order valence-corrected chi connectivity index (χ0v) is 18.8. The van der Waals surface area contributed by atoms with Crippen molar-refractivity contribution in [2.75, 3.05) is 26.2 Å². The molecule has 148 valence electrons. The molecule has 3 nitrogen and oxygen atoms in total. The molecule has 0 saturated carbocycles. The van der Waals surface area contributed by atoms with Crippen molar-refractivity contribution in [3.05, 3.63) is 58.1 Å². The van der Waals surface area contributed by atoms with E-state index >= 15 is 0 Å². The zero-order chi connectivity index (χ0) is 19.7. The Kier molecular flexibility index (Phi) is 5.86. The van der Waals surface area contributed by atoms with E-state index in [1.807, 2.05) is 37.3 Å². The van der Waals surface area contributed by atoms with Crippen molar-refractivity contribution in [3.63, 3.8) is 0 Å². The van der Waals surface area contributed by atoms with Gasteiger partial charge in [-0.05, 0) is 62.1 Å². The van der Waals surface area contributed by atoms with E-state index in [2.05, 4.69) is 39.9 Å². The summed E-state index contributed by atoms with van der Waals surface area (Å²) < 4.78 is 6.53. The fraction of sp³-hybridized carbons (Fsp3) is 0.435. The third-order valence-corrected chi connectivity index (χ3v) is 7.84. The molecule has 0 amide bonds. The third-order valence-electron chi connectivity index (χ3n) is 5.66. The summed E-state index contributed by atoms with van der Waals surface area (Å²) in [6.45, 7) is 7.56. The lowest BCUT2D eigenvalue weighted by atomic mass is 9.91. The number of thioether (sulfide) groups is 1. The highest BCUT2D eigenvalue weighted by atomic mass is 79.9. The third kappa shape index (κ3) is 4.03. The SMILES string of the molecule is Cc1cc2c(cc1Br)C(=O)[C@](CN1CCC[C@@H](C)C1)(Sc1ccccc1)CO2. The Balaban J connectivity index is 1.70. The molecule has 4 rings (SSSR count). The standard InChI is InChI=1S/C23H26BrNO2S/c1-16-7-6-10-25(13-16)14-23(28-18-8-4-3-5-9-18)15-27-21-11-17(2)20(24)12-19(21)22(23)26/h3-5,8-9,11-12,16H,6-7,10,13-15H2,1-2H3/t16-,23-/m1/s1. The van der Waals surface area contributed by atoms with E-state index in [1.165, 1.54) is 12.8 Å². The minimum Gasteiger partial charge on any atom is -0.491 e. The second kappa shape index (κ2) is 8.21. The number of hydrogen-bond donors (Lipinski definition) is 0. The maximum atomic E-state index is 13.8. The normalized spacial score (nSPS) is 25.2. The van der Waals surface area contributed by atoms with Gasteiger partial charge in [0.2, 0.25) is 0 Å². The summed E-state index contributed by atoms with van der Waals surface area (Å²) in [4.78, 5) is 17.4. The molecule has 0 aliphatic carbocycles. The number of ketones is 1. The molecule has 0 spiro atoms. The molecule has 0 bridgehead atoms. The fourth-order valence-corrected chi connectivity index (χ4v) is 5.84. The molecule has 1 fully saturated rings. The predicted octanol–water partition coefficient (Wildman–Crippen LogP) is 5.60. The first-order valence-corrected chi connectivity index (χ1v) is 11.5. The van der Waals surface area contributed by atoms with Gasteiger partial charge in [-0.2, -0.15) is 0 Å². The molecule has 2 atom stereocenters. The minimum absolute atomic E-state index is 0.182. The topological polar surface area (TPSA) is 29.5 Å². The predicted molar refractivity (Wildman–Crippen MR) is 119 cm³/mol. The quantitative estimate of drug-likeness (QED) is 0.595. The number of Topliss-reactive ketones (excluding diaryl/α,β-unsaturated/α-hetero) is 1. The van der Waals surface area contributed by atoms with Gasteiger partial charge in [0.25, 0.3) is 0 Å². The van der Waals surface area contributed by atoms with Crippen molar-refractivity contribution < 1.29 is 9.53 Å². The molecule has 2 aromatic rings. The summed E-state index contributed by atoms with van der Waals surface area (Å²) in [5.41, 5.74) is 1.77. The number of piperidine rings is 1. The van der Waals surface area contributed by atoms with E-state index in [9.17, 15) is 4.79 Å². The van der Waals surface area contributed by atoms with E-state index in [1.54, 1.807) is 11.8 Å². The first-order chi connectivity index (χ1) is 13.5. The average Bonchev–Trinajstić information content (AvgIpc) is 2.68. The second-order valence-electron chi connectivity index (χ2n) is 8.11. The number of halogens is 1. The van der Waals surface area contributed by atoms with Gasteiger partial charge in [0.1, 0.15) is 17.1 Å². The second-order valence-corrected chi connectivity index (χ2v) is 10.4. The maximum absolute atomic E-state index is 13.8. The summed E-state index contributed by atoms with van der Waals surface area (Å²) in [6.07, 6.45) is 2.47. The Morgan fingerprint density at radius 2 is 2.07 bits per heavy atom. The number of carbonyl (C=O) groups excluding carboxylic acids is 1. The number of fused-ring (bicyclic) bond motifs is 1. The summed E-state index contributed by atoms with van der Waals surface area (Å²) in [5, 5.41) is 0. The molecule has 0 radical (unpaired) electrons. The molecule has 0 aromatic heterocycles. The molecular formula is C23H26BrNO2S. The lowest BCUT2D eigenvalue weighted by Gasteiger charge is -2.41. The van der Waals surface area contributed by atoms with Crippen molar-refractivity contribution in [2.45, 2.75) is 36.3 Å². The van der Waals surface area contributed by atoms with E-state index in [0.717, 1.165) is 34.6 Å². The summed E-state index contributed by atoms with van der Waals surface area (Å²) in [7, 11) is 0. The van der Waals surface area contributed by atoms with Crippen LogP contribution in [0.5, 0.6) is 5.75 Å². The van der Waals surface area contributed by atoms with E-state index < -0.39 is 4.75 Å². The fourth-order valence-electron chi connectivity index (χ4n) is 4.19. The van der Waals surface area contributed by atoms with Gasteiger partial charge < -0.3 is 9.64 Å². The number of likely N-dealkylation sites (tertiary alicyclic amines) is 1. The van der Waals surface area contributed by atoms with Crippen LogP contribution in [0.4, 0.5) is 0 Å². The number of hydrogen-bond acceptors (Lipinski definition) is 4. The molecule has 2 heterocycles. The van der Waals surface area contributed by atoms with E-state index in [0.29, 0.717) is 23.8 Å². The average molecular weight is 460 g/mol. The van der Waals surface area contributed by atoms with Gasteiger partial charge in [-0.15, -0.1) is 11.8 Å². The smallest absolute Gasteiger partial charge is 0.187 e. The number of ether oxygens (including phenoxy) is 1. The Bertz CT molecular complexity index is 872. The number of nitrogens with zero attached hydrogens (tertiary/aromatic N) is 1. The molecule has 0 unspecified atom stereocenters. The van der Waals surface area contributed by atoms with Crippen LogP contribution >= 0.6 is 27.7 Å². The number of aryl methyl sites for hydroxylation is 1. The highest BCUT2D eigenvalue weighted by molar-refractivity contribution is 9.10. The molecule has 0 N–H and O–H groups in total. The van der Waals surface area contributed by atoms with Crippen LogP contribution in [0.25, 0.3) is 0 Å². The zero-order valence-electron chi connectivity index (χ0n) is 16.4. The van der Waals surface area contributed by atoms with Crippen LogP contribution in [0.1, 0.15) is 35.7 Å². The first-order valence-electron chi connectivity index (χ1n) is 9.91. The van der Waals surface area contributed by atoms with Gasteiger partial charge in [-0.1, -0.05) is 41.1 Å². The van der Waals surface area contributed by atoms with E-state index in [-0.39, 0.29) is 5.78 Å². The number of benzene rings is 2. The Morgan fingerprint density at radius 3 is 2.82 bits per heavy atom. The van der Waals surface area contributed by atoms with Crippen molar-refractivity contribution in [1.82, 2.24) is 4.90 Å². The van der Waals surface area contributed by atoms with Crippen molar-refractivity contribution in [1.29, 1.82) is 0 Å². The Hall–Kier alpha value is -1.30. The number of carbonyl (C=O) groups is 1. The molecule has 2 aliphatic rings.